The fourth-order valence-corrected chi connectivity index (χ4v) is 3.33. The predicted octanol–water partition coefficient (Wildman–Crippen LogP) is 2.16. The van der Waals surface area contributed by atoms with E-state index in [1.54, 1.807) is 11.4 Å². The summed E-state index contributed by atoms with van der Waals surface area (Å²) in [5.74, 6) is -0.463. The van der Waals surface area contributed by atoms with Gasteiger partial charge in [0.25, 0.3) is 0 Å². The van der Waals surface area contributed by atoms with E-state index >= 15 is 0 Å². The topological polar surface area (TPSA) is 65.0 Å². The molecule has 2 atom stereocenters. The molecule has 0 amide bonds. The first-order chi connectivity index (χ1) is 9.19. The Morgan fingerprint density at radius 1 is 1.53 bits per heavy atom. The van der Waals surface area contributed by atoms with Crippen LogP contribution in [-0.2, 0) is 9.47 Å². The van der Waals surface area contributed by atoms with E-state index < -0.39 is 5.97 Å². The van der Waals surface area contributed by atoms with Crippen LogP contribution in [0.2, 0.25) is 0 Å². The zero-order chi connectivity index (χ0) is 13.3. The maximum atomic E-state index is 11.1. The monoisotopic (exact) mass is 284 g/mol. The quantitative estimate of drug-likeness (QED) is 0.921. The van der Waals surface area contributed by atoms with Crippen molar-refractivity contribution in [1.29, 1.82) is 0 Å². The minimum atomic E-state index is -0.934. The number of aromatic carboxylic acids is 1. The first-order valence-corrected chi connectivity index (χ1v) is 7.26. The molecule has 2 saturated heterocycles. The highest BCUT2D eigenvalue weighted by Gasteiger charge is 2.42. The molecule has 5 nitrogen and oxygen atoms in total. The fourth-order valence-electron chi connectivity index (χ4n) is 2.67. The van der Waals surface area contributed by atoms with Gasteiger partial charge in [0.2, 0.25) is 0 Å². The lowest BCUT2D eigenvalue weighted by Gasteiger charge is -2.36. The third kappa shape index (κ3) is 2.61. The summed E-state index contributed by atoms with van der Waals surface area (Å²) in [6, 6.07) is 1.72. The highest BCUT2D eigenvalue weighted by Crippen LogP contribution is 2.35. The molecule has 2 fully saturated rings. The highest BCUT2D eigenvalue weighted by molar-refractivity contribution is 7.12. The fraction of sp³-hybridized carbons (Fsp3) is 0.615. The van der Waals surface area contributed by atoms with Crippen molar-refractivity contribution in [3.05, 3.63) is 16.3 Å². The Bertz CT molecular complexity index is 463. The minimum Gasteiger partial charge on any atom is -0.488 e. The molecule has 2 unspecified atom stereocenters. The van der Waals surface area contributed by atoms with Crippen LogP contribution in [0.1, 0.15) is 28.9 Å². The average molecular weight is 284 g/mol. The molecule has 0 bridgehead atoms. The van der Waals surface area contributed by atoms with Gasteiger partial charge in [-0.05, 0) is 11.4 Å². The number of carbonyl (C=O) groups is 1. The molecule has 0 aliphatic carbocycles. The van der Waals surface area contributed by atoms with Gasteiger partial charge in [-0.3, -0.25) is 0 Å². The molecule has 19 heavy (non-hydrogen) atoms. The van der Waals surface area contributed by atoms with Gasteiger partial charge in [-0.1, -0.05) is 0 Å². The van der Waals surface area contributed by atoms with E-state index in [-0.39, 0.29) is 16.6 Å². The van der Waals surface area contributed by atoms with Crippen LogP contribution in [0.4, 0.5) is 0 Å². The lowest BCUT2D eigenvalue weighted by atomic mass is 9.91. The van der Waals surface area contributed by atoms with Gasteiger partial charge in [-0.2, -0.15) is 0 Å². The second-order valence-electron chi connectivity index (χ2n) is 4.99. The first kappa shape index (κ1) is 12.9. The van der Waals surface area contributed by atoms with Crippen LogP contribution in [0.3, 0.4) is 0 Å². The van der Waals surface area contributed by atoms with Crippen molar-refractivity contribution in [2.75, 3.05) is 19.8 Å². The third-order valence-corrected chi connectivity index (χ3v) is 4.52. The zero-order valence-corrected chi connectivity index (χ0v) is 11.3. The van der Waals surface area contributed by atoms with E-state index in [0.717, 1.165) is 25.9 Å². The van der Waals surface area contributed by atoms with Crippen molar-refractivity contribution >= 4 is 17.3 Å². The maximum absolute atomic E-state index is 11.1. The van der Waals surface area contributed by atoms with Crippen LogP contribution in [0.5, 0.6) is 5.75 Å². The Balaban J connectivity index is 1.69. The summed E-state index contributed by atoms with van der Waals surface area (Å²) in [4.78, 5) is 11.3. The van der Waals surface area contributed by atoms with Crippen LogP contribution < -0.4 is 4.74 Å². The SMILES string of the molecule is O=C(O)c1sccc1OC1CCOC2(CCOC2)C1. The molecule has 3 heterocycles. The van der Waals surface area contributed by atoms with Crippen molar-refractivity contribution in [3.8, 4) is 5.75 Å². The van der Waals surface area contributed by atoms with Crippen molar-refractivity contribution in [3.63, 3.8) is 0 Å². The molecule has 104 valence electrons. The summed E-state index contributed by atoms with van der Waals surface area (Å²) in [5, 5.41) is 10.8. The summed E-state index contributed by atoms with van der Waals surface area (Å²) < 4.78 is 17.1. The molecule has 1 aromatic rings. The van der Waals surface area contributed by atoms with Gasteiger partial charge in [-0.25, -0.2) is 4.79 Å². The van der Waals surface area contributed by atoms with Gasteiger partial charge in [0.15, 0.2) is 4.88 Å². The standard InChI is InChI=1S/C13H16O5S/c14-12(15)11-10(2-6-19-11)18-9-1-4-17-13(7-9)3-5-16-8-13/h2,6,9H,1,3-5,7-8H2,(H,14,15). The summed E-state index contributed by atoms with van der Waals surface area (Å²) in [6.45, 7) is 1.98. The summed E-state index contributed by atoms with van der Waals surface area (Å²) in [6.07, 6.45) is 2.45. The molecule has 2 aliphatic heterocycles. The van der Waals surface area contributed by atoms with Gasteiger partial charge < -0.3 is 19.3 Å². The molecule has 0 radical (unpaired) electrons. The van der Waals surface area contributed by atoms with Crippen LogP contribution in [-0.4, -0.2) is 42.6 Å². The van der Waals surface area contributed by atoms with E-state index in [4.69, 9.17) is 19.3 Å². The summed E-state index contributed by atoms with van der Waals surface area (Å²) in [5.41, 5.74) is -0.220. The molecule has 1 spiro atoms. The van der Waals surface area contributed by atoms with Crippen molar-refractivity contribution in [2.45, 2.75) is 31.0 Å². The van der Waals surface area contributed by atoms with Gasteiger partial charge in [0.05, 0.1) is 18.8 Å². The number of rotatable bonds is 3. The molecule has 0 aromatic carbocycles. The molecule has 1 N–H and O–H groups in total. The number of hydrogen-bond donors (Lipinski definition) is 1. The largest absolute Gasteiger partial charge is 0.488 e. The molecular formula is C13H16O5S. The number of carboxylic acid groups (broad SMARTS) is 1. The van der Waals surface area contributed by atoms with Crippen molar-refractivity contribution in [1.82, 2.24) is 0 Å². The van der Waals surface area contributed by atoms with Crippen LogP contribution in [0.15, 0.2) is 11.4 Å². The van der Waals surface area contributed by atoms with Crippen LogP contribution in [0.25, 0.3) is 0 Å². The number of thiophene rings is 1. The zero-order valence-electron chi connectivity index (χ0n) is 10.5. The Morgan fingerprint density at radius 2 is 2.42 bits per heavy atom. The second-order valence-corrected chi connectivity index (χ2v) is 5.90. The lowest BCUT2D eigenvalue weighted by molar-refractivity contribution is -0.112. The molecule has 2 aliphatic rings. The predicted molar refractivity (Wildman–Crippen MR) is 69.0 cm³/mol. The van der Waals surface area contributed by atoms with E-state index in [9.17, 15) is 4.79 Å². The van der Waals surface area contributed by atoms with E-state index in [2.05, 4.69) is 0 Å². The molecule has 6 heteroatoms. The van der Waals surface area contributed by atoms with E-state index in [0.29, 0.717) is 19.0 Å². The molecule has 1 aromatic heterocycles. The Morgan fingerprint density at radius 3 is 3.16 bits per heavy atom. The Kier molecular flexibility index (Phi) is 3.47. The average Bonchev–Trinajstić information content (AvgIpc) is 2.99. The van der Waals surface area contributed by atoms with Crippen LogP contribution in [0, 0.1) is 0 Å². The molecule has 3 rings (SSSR count). The summed E-state index contributed by atoms with van der Waals surface area (Å²) in [7, 11) is 0. The van der Waals surface area contributed by atoms with Gasteiger partial charge in [0.1, 0.15) is 11.9 Å². The maximum Gasteiger partial charge on any atom is 0.349 e. The Hall–Kier alpha value is -1.11. The second kappa shape index (κ2) is 5.11. The minimum absolute atomic E-state index is 0.00292. The van der Waals surface area contributed by atoms with Gasteiger partial charge in [-0.15, -0.1) is 11.3 Å². The van der Waals surface area contributed by atoms with E-state index in [1.807, 2.05) is 0 Å². The summed E-state index contributed by atoms with van der Waals surface area (Å²) >= 11 is 1.19. The Labute approximate surface area is 115 Å². The molecule has 0 saturated carbocycles. The number of hydrogen-bond acceptors (Lipinski definition) is 5. The van der Waals surface area contributed by atoms with Crippen molar-refractivity contribution in [2.24, 2.45) is 0 Å². The lowest BCUT2D eigenvalue weighted by Crippen LogP contribution is -2.44. The third-order valence-electron chi connectivity index (χ3n) is 3.63. The van der Waals surface area contributed by atoms with Gasteiger partial charge in [0, 0.05) is 25.9 Å². The van der Waals surface area contributed by atoms with E-state index in [1.165, 1.54) is 11.3 Å². The highest BCUT2D eigenvalue weighted by atomic mass is 32.1. The van der Waals surface area contributed by atoms with Gasteiger partial charge >= 0.3 is 5.97 Å². The first-order valence-electron chi connectivity index (χ1n) is 6.38. The normalized spacial score (nSPS) is 30.6. The smallest absolute Gasteiger partial charge is 0.349 e. The number of carboxylic acids is 1. The molecular weight excluding hydrogens is 268 g/mol. The van der Waals surface area contributed by atoms with Crippen LogP contribution >= 0.6 is 11.3 Å². The number of ether oxygens (including phenoxy) is 3. The van der Waals surface area contributed by atoms with Crippen molar-refractivity contribution < 1.29 is 24.1 Å².